The highest BCUT2D eigenvalue weighted by molar-refractivity contribution is 5.91. The van der Waals surface area contributed by atoms with Crippen molar-refractivity contribution in [1.82, 2.24) is 0 Å². The van der Waals surface area contributed by atoms with Crippen LogP contribution in [-0.2, 0) is 12.8 Å². The van der Waals surface area contributed by atoms with Gasteiger partial charge in [-0.05, 0) is 84.7 Å². The van der Waals surface area contributed by atoms with Crippen molar-refractivity contribution in [2.45, 2.75) is 39.0 Å². The number of hydrogen-bond donors (Lipinski definition) is 0. The van der Waals surface area contributed by atoms with Gasteiger partial charge in [-0.25, -0.2) is 9.18 Å². The number of carbonyl (C=O) groups excluding carboxylic acids is 1. The third kappa shape index (κ3) is 7.63. The lowest BCUT2D eigenvalue weighted by atomic mass is 9.93. The molecule has 0 spiro atoms. The van der Waals surface area contributed by atoms with Crippen LogP contribution in [0.4, 0.5) is 4.39 Å². The van der Waals surface area contributed by atoms with Crippen LogP contribution < -0.4 is 4.74 Å². The molecule has 0 fully saturated rings. The fourth-order valence-corrected chi connectivity index (χ4v) is 4.31. The molecule has 0 radical (unpaired) electrons. The molecular formula is C35H33FO2. The lowest BCUT2D eigenvalue weighted by molar-refractivity contribution is 0.0734. The van der Waals surface area contributed by atoms with E-state index < -0.39 is 5.97 Å². The minimum atomic E-state index is -0.409. The predicted molar refractivity (Wildman–Crippen MR) is 155 cm³/mol. The van der Waals surface area contributed by atoms with Crippen LogP contribution >= 0.6 is 0 Å². The maximum atomic E-state index is 14.8. The highest BCUT2D eigenvalue weighted by Gasteiger charge is 2.10. The molecule has 1 atom stereocenters. The monoisotopic (exact) mass is 504 g/mol. The van der Waals surface area contributed by atoms with Crippen LogP contribution in [0.15, 0.2) is 109 Å². The molecule has 1 unspecified atom stereocenters. The second-order valence-corrected chi connectivity index (χ2v) is 9.47. The van der Waals surface area contributed by atoms with Crippen molar-refractivity contribution in [2.24, 2.45) is 0 Å². The predicted octanol–water partition coefficient (Wildman–Crippen LogP) is 9.07. The van der Waals surface area contributed by atoms with Crippen LogP contribution in [0, 0.1) is 5.82 Å². The number of rotatable bonds is 10. The number of halogens is 1. The van der Waals surface area contributed by atoms with Gasteiger partial charge in [-0.2, -0.15) is 0 Å². The summed E-state index contributed by atoms with van der Waals surface area (Å²) < 4.78 is 20.3. The van der Waals surface area contributed by atoms with Gasteiger partial charge in [0, 0.05) is 5.56 Å². The third-order valence-corrected chi connectivity index (χ3v) is 6.55. The summed E-state index contributed by atoms with van der Waals surface area (Å²) in [5.74, 6) is 0.182. The number of benzene rings is 4. The van der Waals surface area contributed by atoms with Crippen LogP contribution in [0.3, 0.4) is 0 Å². The molecule has 3 heteroatoms. The normalized spacial score (nSPS) is 12.2. The molecule has 0 aromatic heterocycles. The molecule has 38 heavy (non-hydrogen) atoms. The fraction of sp³-hybridized carbons (Fsp3) is 0.171. The fourth-order valence-electron chi connectivity index (χ4n) is 4.31. The van der Waals surface area contributed by atoms with E-state index in [9.17, 15) is 9.18 Å². The lowest BCUT2D eigenvalue weighted by Crippen LogP contribution is -2.08. The summed E-state index contributed by atoms with van der Waals surface area (Å²) in [6.07, 6.45) is 10.5. The molecule has 0 N–H and O–H groups in total. The van der Waals surface area contributed by atoms with Gasteiger partial charge >= 0.3 is 5.97 Å². The Bertz CT molecular complexity index is 1380. The van der Waals surface area contributed by atoms with Crippen molar-refractivity contribution in [2.75, 3.05) is 0 Å². The number of carbonyl (C=O) groups is 1. The first kappa shape index (κ1) is 26.8. The molecule has 0 heterocycles. The molecule has 4 aromatic rings. The van der Waals surface area contributed by atoms with Crippen molar-refractivity contribution in [3.05, 3.63) is 148 Å². The van der Waals surface area contributed by atoms with Gasteiger partial charge in [0.15, 0.2) is 0 Å². The van der Waals surface area contributed by atoms with Gasteiger partial charge in [0.2, 0.25) is 0 Å². The Kier molecular flexibility index (Phi) is 9.42. The summed E-state index contributed by atoms with van der Waals surface area (Å²) in [6, 6.07) is 30.4. The van der Waals surface area contributed by atoms with E-state index in [1.54, 1.807) is 24.3 Å². The molecule has 4 rings (SSSR count). The van der Waals surface area contributed by atoms with Gasteiger partial charge in [-0.15, -0.1) is 0 Å². The van der Waals surface area contributed by atoms with Crippen molar-refractivity contribution < 1.29 is 13.9 Å². The summed E-state index contributed by atoms with van der Waals surface area (Å²) >= 11 is 0. The van der Waals surface area contributed by atoms with Crippen LogP contribution in [-0.4, -0.2) is 5.97 Å². The Balaban J connectivity index is 1.33. The van der Waals surface area contributed by atoms with Crippen LogP contribution in [0.2, 0.25) is 0 Å². The van der Waals surface area contributed by atoms with E-state index in [1.165, 1.54) is 11.1 Å². The third-order valence-electron chi connectivity index (χ3n) is 6.55. The Hall–Kier alpha value is -4.24. The molecule has 4 aromatic carbocycles. The molecule has 0 aliphatic carbocycles. The van der Waals surface area contributed by atoms with E-state index in [-0.39, 0.29) is 5.82 Å². The summed E-state index contributed by atoms with van der Waals surface area (Å²) in [4.78, 5) is 12.5. The van der Waals surface area contributed by atoms with Gasteiger partial charge in [-0.3, -0.25) is 0 Å². The SMILES string of the molecule is C/C=C/CCc1ccc(OC(=O)c2ccc(/C=C/c3ccc(CC(C)c4ccccc4)cc3F)cc2)cc1. The summed E-state index contributed by atoms with van der Waals surface area (Å²) in [6.45, 7) is 4.17. The molecule has 0 bridgehead atoms. The zero-order chi connectivity index (χ0) is 26.7. The van der Waals surface area contributed by atoms with E-state index in [0.717, 1.165) is 30.4 Å². The number of allylic oxidation sites excluding steroid dienone is 2. The standard InChI is InChI=1S/C35H33FO2/c1-3-4-6-9-27-16-22-33(23-17-27)38-35(37)32-20-13-28(14-21-32)12-18-31-19-15-29(25-34(31)36)24-26(2)30-10-7-5-8-11-30/h3-5,7-8,10-23,25-26H,6,9,24H2,1-2H3/b4-3+,18-12+. The minimum Gasteiger partial charge on any atom is -0.423 e. The Morgan fingerprint density at radius 2 is 1.58 bits per heavy atom. The molecule has 0 amide bonds. The van der Waals surface area contributed by atoms with Gasteiger partial charge < -0.3 is 4.74 Å². The Morgan fingerprint density at radius 3 is 2.26 bits per heavy atom. The summed E-state index contributed by atoms with van der Waals surface area (Å²) in [5.41, 5.74) is 5.28. The quantitative estimate of drug-likeness (QED) is 0.0932. The van der Waals surface area contributed by atoms with Gasteiger partial charge in [0.05, 0.1) is 5.56 Å². The van der Waals surface area contributed by atoms with E-state index in [0.29, 0.717) is 22.8 Å². The highest BCUT2D eigenvalue weighted by atomic mass is 19.1. The average Bonchev–Trinajstić information content (AvgIpc) is 2.94. The molecule has 2 nitrogen and oxygen atoms in total. The van der Waals surface area contributed by atoms with Crippen LogP contribution in [0.25, 0.3) is 12.2 Å². The lowest BCUT2D eigenvalue weighted by Gasteiger charge is -2.12. The Morgan fingerprint density at radius 1 is 0.868 bits per heavy atom. The smallest absolute Gasteiger partial charge is 0.343 e. The molecule has 0 aliphatic rings. The van der Waals surface area contributed by atoms with Gasteiger partial charge in [-0.1, -0.05) is 98.0 Å². The first-order valence-electron chi connectivity index (χ1n) is 13.1. The number of hydrogen-bond acceptors (Lipinski definition) is 2. The molecular weight excluding hydrogens is 471 g/mol. The number of esters is 1. The molecule has 192 valence electrons. The van der Waals surface area contributed by atoms with Crippen LogP contribution in [0.5, 0.6) is 5.75 Å². The zero-order valence-electron chi connectivity index (χ0n) is 21.9. The zero-order valence-corrected chi connectivity index (χ0v) is 21.9. The van der Waals surface area contributed by atoms with Crippen molar-refractivity contribution in [3.8, 4) is 5.75 Å². The second-order valence-electron chi connectivity index (χ2n) is 9.47. The summed E-state index contributed by atoms with van der Waals surface area (Å²) in [7, 11) is 0. The first-order chi connectivity index (χ1) is 18.5. The molecule has 0 aliphatic heterocycles. The number of ether oxygens (including phenoxy) is 1. The highest BCUT2D eigenvalue weighted by Crippen LogP contribution is 2.23. The van der Waals surface area contributed by atoms with E-state index in [2.05, 4.69) is 25.1 Å². The molecule has 0 saturated heterocycles. The van der Waals surface area contributed by atoms with Crippen LogP contribution in [0.1, 0.15) is 64.4 Å². The largest absolute Gasteiger partial charge is 0.423 e. The van der Waals surface area contributed by atoms with E-state index in [4.69, 9.17) is 4.74 Å². The number of aryl methyl sites for hydroxylation is 1. The second kappa shape index (κ2) is 13.3. The first-order valence-corrected chi connectivity index (χ1v) is 13.1. The van der Waals surface area contributed by atoms with Crippen molar-refractivity contribution in [1.29, 1.82) is 0 Å². The van der Waals surface area contributed by atoms with E-state index in [1.807, 2.05) is 85.8 Å². The van der Waals surface area contributed by atoms with Gasteiger partial charge in [0.1, 0.15) is 11.6 Å². The molecule has 0 saturated carbocycles. The maximum Gasteiger partial charge on any atom is 0.343 e. The Labute approximate surface area is 225 Å². The topological polar surface area (TPSA) is 26.3 Å². The van der Waals surface area contributed by atoms with Gasteiger partial charge in [0.25, 0.3) is 0 Å². The van der Waals surface area contributed by atoms with Crippen molar-refractivity contribution in [3.63, 3.8) is 0 Å². The summed E-state index contributed by atoms with van der Waals surface area (Å²) in [5, 5.41) is 0. The maximum absolute atomic E-state index is 14.8. The van der Waals surface area contributed by atoms with Crippen molar-refractivity contribution >= 4 is 18.1 Å². The average molecular weight is 505 g/mol. The minimum absolute atomic E-state index is 0.243. The van der Waals surface area contributed by atoms with E-state index >= 15 is 0 Å².